The molecule has 0 aromatic heterocycles. The molecule has 14 heteroatoms. The Hall–Kier alpha value is -4.20. The van der Waals surface area contributed by atoms with E-state index < -0.39 is 72.6 Å². The Morgan fingerprint density at radius 3 is 1.81 bits per heavy atom. The van der Waals surface area contributed by atoms with Gasteiger partial charge in [0.25, 0.3) is 0 Å². The predicted molar refractivity (Wildman–Crippen MR) is 129 cm³/mol. The monoisotopic (exact) mass is 523 g/mol. The van der Waals surface area contributed by atoms with Gasteiger partial charge in [-0.05, 0) is 36.5 Å². The zero-order chi connectivity index (χ0) is 28.3. The van der Waals surface area contributed by atoms with Gasteiger partial charge in [-0.15, -0.1) is 0 Å². The molecule has 0 radical (unpaired) electrons. The number of phenolic OH excluding ortho intramolecular Hbond substituents is 1. The molecule has 1 aromatic rings. The van der Waals surface area contributed by atoms with Crippen LogP contribution in [0.2, 0.25) is 0 Å². The summed E-state index contributed by atoms with van der Waals surface area (Å²) in [6, 6.07) is 0.266. The highest BCUT2D eigenvalue weighted by Crippen LogP contribution is 2.11. The van der Waals surface area contributed by atoms with Crippen LogP contribution in [0.3, 0.4) is 0 Å². The minimum Gasteiger partial charge on any atom is -0.508 e. The first-order valence-corrected chi connectivity index (χ1v) is 11.4. The van der Waals surface area contributed by atoms with Crippen LogP contribution in [0.5, 0.6) is 5.75 Å². The quantitative estimate of drug-likeness (QED) is 0.128. The van der Waals surface area contributed by atoms with Crippen molar-refractivity contribution in [2.24, 2.45) is 17.4 Å². The molecule has 0 fully saturated rings. The van der Waals surface area contributed by atoms with Crippen LogP contribution in [0.4, 0.5) is 0 Å². The Bertz CT molecular complexity index is 997. The number of amides is 4. The third kappa shape index (κ3) is 11.4. The van der Waals surface area contributed by atoms with Crippen LogP contribution < -0.4 is 27.4 Å². The van der Waals surface area contributed by atoms with Gasteiger partial charge >= 0.3 is 11.9 Å². The number of carboxylic acids is 2. The van der Waals surface area contributed by atoms with Crippen molar-refractivity contribution in [1.29, 1.82) is 0 Å². The lowest BCUT2D eigenvalue weighted by molar-refractivity contribution is -0.147. The maximum Gasteiger partial charge on any atom is 0.326 e. The molecule has 0 heterocycles. The third-order valence-electron chi connectivity index (χ3n) is 5.10. The fourth-order valence-corrected chi connectivity index (χ4v) is 3.29. The SMILES string of the molecule is CC(C)CC(NC(=O)C(CC(N)=O)NC(=O)C(N)Cc1ccc(O)cc1)C(=O)NC(CC(=O)O)C(=O)O. The normalized spacial score (nSPS) is 14.1. The lowest BCUT2D eigenvalue weighted by Crippen LogP contribution is -2.58. The van der Waals surface area contributed by atoms with Gasteiger partial charge in [0.1, 0.15) is 23.9 Å². The second-order valence-electron chi connectivity index (χ2n) is 8.90. The molecule has 0 aliphatic heterocycles. The summed E-state index contributed by atoms with van der Waals surface area (Å²) in [5.74, 6) is -6.79. The van der Waals surface area contributed by atoms with Gasteiger partial charge < -0.3 is 42.7 Å². The smallest absolute Gasteiger partial charge is 0.326 e. The van der Waals surface area contributed by atoms with Gasteiger partial charge in [-0.1, -0.05) is 26.0 Å². The van der Waals surface area contributed by atoms with Crippen LogP contribution in [-0.4, -0.2) is 75.1 Å². The Balaban J connectivity index is 2.98. The van der Waals surface area contributed by atoms with Gasteiger partial charge in [0, 0.05) is 0 Å². The molecular formula is C23H33N5O9. The van der Waals surface area contributed by atoms with E-state index in [0.717, 1.165) is 0 Å². The first-order valence-electron chi connectivity index (χ1n) is 11.4. The number of primary amides is 1. The summed E-state index contributed by atoms with van der Waals surface area (Å²) < 4.78 is 0. The number of carboxylic acid groups (broad SMARTS) is 2. The van der Waals surface area contributed by atoms with E-state index in [1.807, 2.05) is 0 Å². The van der Waals surface area contributed by atoms with Crippen LogP contribution >= 0.6 is 0 Å². The lowest BCUT2D eigenvalue weighted by Gasteiger charge is -2.25. The van der Waals surface area contributed by atoms with Gasteiger partial charge in [-0.25, -0.2) is 4.79 Å². The van der Waals surface area contributed by atoms with E-state index in [1.54, 1.807) is 26.0 Å². The summed E-state index contributed by atoms with van der Waals surface area (Å²) in [7, 11) is 0. The van der Waals surface area contributed by atoms with Gasteiger partial charge in [-0.2, -0.15) is 0 Å². The number of phenols is 1. The number of benzene rings is 1. The average molecular weight is 524 g/mol. The first kappa shape index (κ1) is 30.8. The third-order valence-corrected chi connectivity index (χ3v) is 5.10. The fraction of sp³-hybridized carbons (Fsp3) is 0.478. The van der Waals surface area contributed by atoms with Crippen molar-refractivity contribution in [3.63, 3.8) is 0 Å². The van der Waals surface area contributed by atoms with Crippen molar-refractivity contribution >= 4 is 35.6 Å². The lowest BCUT2D eigenvalue weighted by atomic mass is 10.0. The zero-order valence-electron chi connectivity index (χ0n) is 20.5. The average Bonchev–Trinajstić information content (AvgIpc) is 2.78. The minimum absolute atomic E-state index is 0.0255. The molecule has 14 nitrogen and oxygen atoms in total. The number of nitrogens with two attached hydrogens (primary N) is 2. The van der Waals surface area contributed by atoms with Crippen molar-refractivity contribution in [3.8, 4) is 5.75 Å². The van der Waals surface area contributed by atoms with Gasteiger partial charge in [-0.3, -0.25) is 24.0 Å². The molecule has 1 aromatic carbocycles. The summed E-state index contributed by atoms with van der Waals surface area (Å²) in [5.41, 5.74) is 11.8. The molecule has 0 saturated heterocycles. The zero-order valence-corrected chi connectivity index (χ0v) is 20.5. The molecule has 0 bridgehead atoms. The number of aromatic hydroxyl groups is 1. The summed E-state index contributed by atoms with van der Waals surface area (Å²) >= 11 is 0. The topological polar surface area (TPSA) is 251 Å². The maximum absolute atomic E-state index is 12.9. The molecule has 0 aliphatic carbocycles. The molecule has 4 amide bonds. The van der Waals surface area contributed by atoms with Crippen molar-refractivity contribution in [3.05, 3.63) is 29.8 Å². The number of nitrogens with one attached hydrogen (secondary N) is 3. The van der Waals surface area contributed by atoms with Crippen LogP contribution in [0.25, 0.3) is 0 Å². The van der Waals surface area contributed by atoms with Crippen LogP contribution in [0.1, 0.15) is 38.7 Å². The Labute approximate surface area is 212 Å². The molecule has 0 aliphatic rings. The molecular weight excluding hydrogens is 490 g/mol. The summed E-state index contributed by atoms with van der Waals surface area (Å²) in [6.45, 7) is 3.45. The second kappa shape index (κ2) is 14.4. The molecule has 1 rings (SSSR count). The number of carbonyl (C=O) groups is 6. The van der Waals surface area contributed by atoms with E-state index in [9.17, 15) is 39.0 Å². The molecule has 0 spiro atoms. The molecule has 10 N–H and O–H groups in total. The molecule has 37 heavy (non-hydrogen) atoms. The van der Waals surface area contributed by atoms with E-state index in [0.29, 0.717) is 5.56 Å². The molecule has 0 saturated carbocycles. The van der Waals surface area contributed by atoms with E-state index in [-0.39, 0.29) is 24.5 Å². The number of hydrogen-bond acceptors (Lipinski definition) is 8. The van der Waals surface area contributed by atoms with E-state index in [2.05, 4.69) is 16.0 Å². The van der Waals surface area contributed by atoms with E-state index in [4.69, 9.17) is 16.6 Å². The Kier molecular flexibility index (Phi) is 12.0. The van der Waals surface area contributed by atoms with Gasteiger partial charge in [0.2, 0.25) is 23.6 Å². The maximum atomic E-state index is 12.9. The Morgan fingerprint density at radius 1 is 0.811 bits per heavy atom. The summed E-state index contributed by atoms with van der Waals surface area (Å²) in [4.78, 5) is 72.0. The van der Waals surface area contributed by atoms with Crippen LogP contribution in [0.15, 0.2) is 24.3 Å². The highest BCUT2D eigenvalue weighted by atomic mass is 16.4. The summed E-state index contributed by atoms with van der Waals surface area (Å²) in [5, 5.41) is 34.2. The van der Waals surface area contributed by atoms with Crippen molar-refractivity contribution in [2.45, 2.75) is 63.7 Å². The van der Waals surface area contributed by atoms with Gasteiger partial charge in [0.15, 0.2) is 0 Å². The molecule has 4 unspecified atom stereocenters. The number of rotatable bonds is 15. The van der Waals surface area contributed by atoms with Gasteiger partial charge in [0.05, 0.1) is 18.9 Å². The van der Waals surface area contributed by atoms with Crippen molar-refractivity contribution < 1.29 is 44.1 Å². The van der Waals surface area contributed by atoms with Crippen LogP contribution in [0, 0.1) is 5.92 Å². The van der Waals surface area contributed by atoms with E-state index in [1.165, 1.54) is 12.1 Å². The summed E-state index contributed by atoms with van der Waals surface area (Å²) in [6.07, 6.45) is -1.41. The first-order chi connectivity index (χ1) is 17.2. The largest absolute Gasteiger partial charge is 0.508 e. The van der Waals surface area contributed by atoms with Crippen molar-refractivity contribution in [1.82, 2.24) is 16.0 Å². The fourth-order valence-electron chi connectivity index (χ4n) is 3.29. The highest BCUT2D eigenvalue weighted by Gasteiger charge is 2.32. The number of carbonyl (C=O) groups excluding carboxylic acids is 4. The number of hydrogen-bond donors (Lipinski definition) is 8. The standard InChI is InChI=1S/C23H33N5O9/c1-11(2)7-15(21(34)28-17(23(36)37)10-19(31)32)27-22(35)16(9-18(25)30)26-20(33)14(24)8-12-3-5-13(29)6-4-12/h3-6,11,14-17,29H,7-10,24H2,1-2H3,(H2,25,30)(H,26,33)(H,27,35)(H,28,34)(H,31,32)(H,36,37). The minimum atomic E-state index is -1.74. The Morgan fingerprint density at radius 2 is 1.32 bits per heavy atom. The highest BCUT2D eigenvalue weighted by molar-refractivity contribution is 5.96. The van der Waals surface area contributed by atoms with Crippen molar-refractivity contribution in [2.75, 3.05) is 0 Å². The number of aliphatic carboxylic acids is 2. The van der Waals surface area contributed by atoms with Crippen LogP contribution in [-0.2, 0) is 35.2 Å². The molecule has 204 valence electrons. The molecule has 4 atom stereocenters. The predicted octanol–water partition coefficient (Wildman–Crippen LogP) is -1.80. The second-order valence-corrected chi connectivity index (χ2v) is 8.90. The van der Waals surface area contributed by atoms with E-state index >= 15 is 0 Å².